The lowest BCUT2D eigenvalue weighted by Crippen LogP contribution is -2.39. The number of allylic oxidation sites excluding steroid dienone is 1. The third-order valence-electron chi connectivity index (χ3n) is 6.61. The molecule has 0 N–H and O–H groups in total. The van der Waals surface area contributed by atoms with Crippen molar-refractivity contribution in [2.45, 2.75) is 39.2 Å². The van der Waals surface area contributed by atoms with Crippen LogP contribution < -0.4 is 24.5 Å². The first-order valence-electron chi connectivity index (χ1n) is 12.4. The van der Waals surface area contributed by atoms with Crippen molar-refractivity contribution in [1.29, 1.82) is 0 Å². The van der Waals surface area contributed by atoms with E-state index in [1.54, 1.807) is 37.7 Å². The number of piperidine rings is 1. The number of anilines is 1. The predicted molar refractivity (Wildman–Crippen MR) is 154 cm³/mol. The molecule has 1 atom stereocenters. The van der Waals surface area contributed by atoms with Crippen LogP contribution >= 0.6 is 43.2 Å². The number of halogens is 2. The molecule has 0 spiro atoms. The molecule has 0 unspecified atom stereocenters. The minimum atomic E-state index is -0.707. The molecule has 0 radical (unpaired) electrons. The summed E-state index contributed by atoms with van der Waals surface area (Å²) in [5.41, 5.74) is 1.32. The highest BCUT2D eigenvalue weighted by atomic mass is 79.9. The van der Waals surface area contributed by atoms with Crippen molar-refractivity contribution in [3.8, 4) is 5.75 Å². The quantitative estimate of drug-likeness (QED) is 0.348. The highest BCUT2D eigenvalue weighted by Crippen LogP contribution is 2.35. The van der Waals surface area contributed by atoms with Crippen molar-refractivity contribution in [3.63, 3.8) is 0 Å². The second kappa shape index (κ2) is 11.2. The van der Waals surface area contributed by atoms with Gasteiger partial charge in [-0.2, -0.15) is 0 Å². The van der Waals surface area contributed by atoms with E-state index in [0.29, 0.717) is 36.6 Å². The van der Waals surface area contributed by atoms with E-state index in [2.05, 4.69) is 41.8 Å². The smallest absolute Gasteiger partial charge is 0.338 e. The fraction of sp³-hybridized carbons (Fsp3) is 0.370. The zero-order valence-electron chi connectivity index (χ0n) is 21.3. The van der Waals surface area contributed by atoms with Crippen LogP contribution in [0.5, 0.6) is 5.75 Å². The number of esters is 1. The molecule has 1 saturated heterocycles. The standard InChI is InChI=1S/C27H27Br2N3O5S/c1-4-36-26(34)22-15(2)30-27-32(23(22)16-8-9-20(35-3)18(28)12-16)24(33)21(38-27)14-17-13-19(29)25(37-17)31-10-6-5-7-11-31/h8-9,12-14,23H,4-7,10-11H2,1-3H3/b21-14+/t23-/m0/s1. The molecule has 1 fully saturated rings. The van der Waals surface area contributed by atoms with E-state index < -0.39 is 12.0 Å². The van der Waals surface area contributed by atoms with Crippen LogP contribution in [0.15, 0.2) is 58.7 Å². The van der Waals surface area contributed by atoms with E-state index in [0.717, 1.165) is 41.9 Å². The van der Waals surface area contributed by atoms with Crippen LogP contribution in [-0.4, -0.2) is 37.3 Å². The number of thiazole rings is 1. The second-order valence-corrected chi connectivity index (χ2v) is 11.8. The van der Waals surface area contributed by atoms with E-state index in [1.807, 2.05) is 18.2 Å². The Morgan fingerprint density at radius 3 is 2.66 bits per heavy atom. The summed E-state index contributed by atoms with van der Waals surface area (Å²) in [5, 5.41) is 0. The Balaban J connectivity index is 1.64. The minimum Gasteiger partial charge on any atom is -0.496 e. The number of aromatic nitrogens is 1. The van der Waals surface area contributed by atoms with Crippen LogP contribution in [0.3, 0.4) is 0 Å². The zero-order valence-corrected chi connectivity index (χ0v) is 25.2. The summed E-state index contributed by atoms with van der Waals surface area (Å²) in [7, 11) is 1.58. The molecule has 8 nitrogen and oxygen atoms in total. The number of hydrogen-bond acceptors (Lipinski definition) is 8. The molecule has 200 valence electrons. The topological polar surface area (TPSA) is 86.3 Å². The molecular weight excluding hydrogens is 638 g/mol. The van der Waals surface area contributed by atoms with Crippen molar-refractivity contribution >= 4 is 61.1 Å². The lowest BCUT2D eigenvalue weighted by molar-refractivity contribution is -0.139. The second-order valence-electron chi connectivity index (χ2n) is 9.05. The van der Waals surface area contributed by atoms with Gasteiger partial charge in [-0.05, 0) is 82.7 Å². The lowest BCUT2D eigenvalue weighted by Gasteiger charge is -2.26. The highest BCUT2D eigenvalue weighted by molar-refractivity contribution is 9.11. The van der Waals surface area contributed by atoms with Gasteiger partial charge in [-0.1, -0.05) is 17.4 Å². The maximum Gasteiger partial charge on any atom is 0.338 e. The van der Waals surface area contributed by atoms with E-state index >= 15 is 0 Å². The summed E-state index contributed by atoms with van der Waals surface area (Å²) in [4.78, 5) is 34.3. The maximum absolute atomic E-state index is 13.8. The number of methoxy groups -OCH3 is 1. The average Bonchev–Trinajstić information content (AvgIpc) is 3.42. The van der Waals surface area contributed by atoms with Gasteiger partial charge >= 0.3 is 5.97 Å². The number of benzene rings is 1. The van der Waals surface area contributed by atoms with Gasteiger partial charge in [0.2, 0.25) is 5.88 Å². The molecular formula is C27H27Br2N3O5S. The monoisotopic (exact) mass is 663 g/mol. The van der Waals surface area contributed by atoms with Gasteiger partial charge in [0.25, 0.3) is 5.56 Å². The molecule has 2 aromatic heterocycles. The van der Waals surface area contributed by atoms with Gasteiger partial charge in [0.15, 0.2) is 4.80 Å². The van der Waals surface area contributed by atoms with Gasteiger partial charge in [0, 0.05) is 25.2 Å². The Morgan fingerprint density at radius 2 is 1.97 bits per heavy atom. The molecule has 4 heterocycles. The molecule has 0 amide bonds. The lowest BCUT2D eigenvalue weighted by atomic mass is 9.96. The van der Waals surface area contributed by atoms with Crippen molar-refractivity contribution in [2.75, 3.05) is 31.7 Å². The molecule has 0 saturated carbocycles. The van der Waals surface area contributed by atoms with Crippen LogP contribution in [0.2, 0.25) is 0 Å². The van der Waals surface area contributed by atoms with Crippen LogP contribution in [0.4, 0.5) is 5.88 Å². The number of rotatable bonds is 6. The summed E-state index contributed by atoms with van der Waals surface area (Å²) >= 11 is 8.42. The van der Waals surface area contributed by atoms with Crippen molar-refractivity contribution in [2.24, 2.45) is 4.99 Å². The third-order valence-corrected chi connectivity index (χ3v) is 8.78. The zero-order chi connectivity index (χ0) is 27.0. The number of hydrogen-bond donors (Lipinski definition) is 0. The van der Waals surface area contributed by atoms with Crippen molar-refractivity contribution < 1.29 is 18.7 Å². The normalized spacial score (nSPS) is 17.9. The Morgan fingerprint density at radius 1 is 1.21 bits per heavy atom. The third kappa shape index (κ3) is 5.03. The fourth-order valence-electron chi connectivity index (χ4n) is 4.85. The largest absolute Gasteiger partial charge is 0.496 e. The number of nitrogens with zero attached hydrogens (tertiary/aromatic N) is 3. The molecule has 3 aromatic rings. The number of carbonyl (C=O) groups is 1. The van der Waals surface area contributed by atoms with Gasteiger partial charge in [0.05, 0.1) is 44.5 Å². The SMILES string of the molecule is CCOC(=O)C1=C(C)N=c2s/c(=C/c3cc(Br)c(N4CCCCC4)o3)c(=O)n2[C@H]1c1ccc(OC)c(Br)c1. The van der Waals surface area contributed by atoms with Crippen LogP contribution in [0, 0.1) is 0 Å². The van der Waals surface area contributed by atoms with E-state index in [4.69, 9.17) is 13.9 Å². The molecule has 0 bridgehead atoms. The summed E-state index contributed by atoms with van der Waals surface area (Å²) in [6, 6.07) is 6.68. The molecule has 38 heavy (non-hydrogen) atoms. The summed E-state index contributed by atoms with van der Waals surface area (Å²) < 4.78 is 20.5. The molecule has 5 rings (SSSR count). The number of fused-ring (bicyclic) bond motifs is 1. The summed E-state index contributed by atoms with van der Waals surface area (Å²) in [6.07, 6.45) is 5.23. The molecule has 2 aliphatic heterocycles. The van der Waals surface area contributed by atoms with E-state index in [9.17, 15) is 9.59 Å². The van der Waals surface area contributed by atoms with Crippen molar-refractivity contribution in [3.05, 3.63) is 75.5 Å². The Labute approximate surface area is 240 Å². The Hall–Kier alpha value is -2.63. The number of carbonyl (C=O) groups excluding carboxylic acids is 1. The van der Waals surface area contributed by atoms with Crippen LogP contribution in [0.1, 0.15) is 50.5 Å². The first kappa shape index (κ1) is 27.0. The molecule has 0 aliphatic carbocycles. The van der Waals surface area contributed by atoms with E-state index in [-0.39, 0.29) is 12.2 Å². The van der Waals surface area contributed by atoms with E-state index in [1.165, 1.54) is 17.8 Å². The van der Waals surface area contributed by atoms with Gasteiger partial charge < -0.3 is 18.8 Å². The molecule has 2 aliphatic rings. The minimum absolute atomic E-state index is 0.214. The molecule has 1 aromatic carbocycles. The van der Waals surface area contributed by atoms with Crippen LogP contribution in [0.25, 0.3) is 6.08 Å². The Kier molecular flexibility index (Phi) is 7.97. The Bertz CT molecular complexity index is 1600. The summed E-state index contributed by atoms with van der Waals surface area (Å²) in [5.74, 6) is 1.51. The highest BCUT2D eigenvalue weighted by Gasteiger charge is 2.33. The summed E-state index contributed by atoms with van der Waals surface area (Å²) in [6.45, 7) is 5.62. The number of ether oxygens (including phenoxy) is 2. The first-order valence-corrected chi connectivity index (χ1v) is 14.8. The van der Waals surface area contributed by atoms with Crippen LogP contribution in [-0.2, 0) is 9.53 Å². The fourth-order valence-corrected chi connectivity index (χ4v) is 6.99. The van der Waals surface area contributed by atoms with Gasteiger partial charge in [-0.3, -0.25) is 9.36 Å². The first-order chi connectivity index (χ1) is 18.3. The molecule has 11 heteroatoms. The van der Waals surface area contributed by atoms with Gasteiger partial charge in [-0.25, -0.2) is 9.79 Å². The average molecular weight is 665 g/mol. The van der Waals surface area contributed by atoms with Crippen molar-refractivity contribution in [1.82, 2.24) is 4.57 Å². The number of furan rings is 1. The maximum atomic E-state index is 13.8. The van der Waals surface area contributed by atoms with Gasteiger partial charge in [0.1, 0.15) is 11.5 Å². The van der Waals surface area contributed by atoms with Gasteiger partial charge in [-0.15, -0.1) is 0 Å². The predicted octanol–water partition coefficient (Wildman–Crippen LogP) is 4.92.